The van der Waals surface area contributed by atoms with E-state index in [1.807, 2.05) is 0 Å². The van der Waals surface area contributed by atoms with E-state index in [1.165, 1.54) is 35.8 Å². The Hall–Kier alpha value is -1.54. The van der Waals surface area contributed by atoms with Gasteiger partial charge in [-0.1, -0.05) is 30.3 Å². The summed E-state index contributed by atoms with van der Waals surface area (Å²) in [6.45, 7) is 3.43. The molecule has 0 spiro atoms. The lowest BCUT2D eigenvalue weighted by atomic mass is 10.0. The minimum absolute atomic E-state index is 1.00. The van der Waals surface area contributed by atoms with Gasteiger partial charge in [0.05, 0.1) is 7.11 Å². The Morgan fingerprint density at radius 2 is 1.94 bits per heavy atom. The first-order chi connectivity index (χ1) is 8.38. The maximum atomic E-state index is 5.50. The van der Waals surface area contributed by atoms with Crippen LogP contribution in [0.3, 0.4) is 0 Å². The molecule has 0 aromatic heterocycles. The van der Waals surface area contributed by atoms with Gasteiger partial charge in [0, 0.05) is 12.1 Å². The van der Waals surface area contributed by atoms with Gasteiger partial charge in [0.2, 0.25) is 0 Å². The summed E-state index contributed by atoms with van der Waals surface area (Å²) < 4.78 is 5.50. The van der Waals surface area contributed by atoms with Crippen molar-refractivity contribution in [3.05, 3.63) is 42.0 Å². The van der Waals surface area contributed by atoms with Gasteiger partial charge in [0.25, 0.3) is 0 Å². The smallest absolute Gasteiger partial charge is 0.123 e. The lowest BCUT2D eigenvalue weighted by Gasteiger charge is -2.31. The van der Waals surface area contributed by atoms with Gasteiger partial charge in [-0.3, -0.25) is 4.90 Å². The molecule has 2 aromatic carbocycles. The Kier molecular flexibility index (Phi) is 2.73. The molecule has 0 radical (unpaired) electrons. The zero-order valence-corrected chi connectivity index (χ0v) is 10.1. The highest BCUT2D eigenvalue weighted by Crippen LogP contribution is 2.30. The third-order valence-corrected chi connectivity index (χ3v) is 3.55. The second-order valence-corrected chi connectivity index (χ2v) is 4.60. The molecule has 17 heavy (non-hydrogen) atoms. The number of benzene rings is 2. The van der Waals surface area contributed by atoms with E-state index in [2.05, 4.69) is 41.3 Å². The minimum Gasteiger partial charge on any atom is -0.496 e. The highest BCUT2D eigenvalue weighted by molar-refractivity contribution is 5.87. The van der Waals surface area contributed by atoms with Crippen molar-refractivity contribution in [1.29, 1.82) is 0 Å². The SMILES string of the molecule is COc1ccc2ccccc2c1CN1CCC1. The van der Waals surface area contributed by atoms with Crippen LogP contribution in [0.4, 0.5) is 0 Å². The van der Waals surface area contributed by atoms with Gasteiger partial charge < -0.3 is 4.74 Å². The molecule has 0 saturated carbocycles. The van der Waals surface area contributed by atoms with Crippen LogP contribution in [-0.2, 0) is 6.54 Å². The van der Waals surface area contributed by atoms with Crippen molar-refractivity contribution in [2.75, 3.05) is 20.2 Å². The molecule has 3 rings (SSSR count). The van der Waals surface area contributed by atoms with E-state index in [0.717, 1.165) is 12.3 Å². The number of methoxy groups -OCH3 is 1. The number of fused-ring (bicyclic) bond motifs is 1. The molecule has 0 atom stereocenters. The second-order valence-electron chi connectivity index (χ2n) is 4.60. The Balaban J connectivity index is 2.09. The summed E-state index contributed by atoms with van der Waals surface area (Å²) in [5, 5.41) is 2.61. The van der Waals surface area contributed by atoms with Crippen LogP contribution in [0.15, 0.2) is 36.4 Å². The predicted molar refractivity (Wildman–Crippen MR) is 70.4 cm³/mol. The third-order valence-electron chi connectivity index (χ3n) is 3.55. The standard InChI is InChI=1S/C15H17NO/c1-17-15-8-7-12-5-2-3-6-13(12)14(15)11-16-9-4-10-16/h2-3,5-8H,4,9-11H2,1H3. The van der Waals surface area contributed by atoms with Crippen LogP contribution in [0.25, 0.3) is 10.8 Å². The first-order valence-corrected chi connectivity index (χ1v) is 6.15. The first kappa shape index (κ1) is 10.6. The number of likely N-dealkylation sites (tertiary alicyclic amines) is 1. The summed E-state index contributed by atoms with van der Waals surface area (Å²) in [7, 11) is 1.75. The van der Waals surface area contributed by atoms with E-state index in [9.17, 15) is 0 Å². The van der Waals surface area contributed by atoms with Crippen molar-refractivity contribution in [3.8, 4) is 5.75 Å². The van der Waals surface area contributed by atoms with Gasteiger partial charge in [-0.25, -0.2) is 0 Å². The quantitative estimate of drug-likeness (QED) is 0.799. The highest BCUT2D eigenvalue weighted by atomic mass is 16.5. The molecular formula is C15H17NO. The molecule has 2 heteroatoms. The molecule has 0 bridgehead atoms. The molecule has 1 saturated heterocycles. The lowest BCUT2D eigenvalue weighted by Crippen LogP contribution is -2.36. The fourth-order valence-corrected chi connectivity index (χ4v) is 2.43. The van der Waals surface area contributed by atoms with Crippen molar-refractivity contribution >= 4 is 10.8 Å². The van der Waals surface area contributed by atoms with E-state index >= 15 is 0 Å². The van der Waals surface area contributed by atoms with Gasteiger partial charge in [0.1, 0.15) is 5.75 Å². The van der Waals surface area contributed by atoms with Crippen LogP contribution in [0.5, 0.6) is 5.75 Å². The lowest BCUT2D eigenvalue weighted by molar-refractivity contribution is 0.171. The maximum absolute atomic E-state index is 5.50. The first-order valence-electron chi connectivity index (χ1n) is 6.15. The number of ether oxygens (including phenoxy) is 1. The van der Waals surface area contributed by atoms with Crippen LogP contribution >= 0.6 is 0 Å². The number of hydrogen-bond acceptors (Lipinski definition) is 2. The fraction of sp³-hybridized carbons (Fsp3) is 0.333. The number of nitrogens with zero attached hydrogens (tertiary/aromatic N) is 1. The van der Waals surface area contributed by atoms with Gasteiger partial charge in [-0.15, -0.1) is 0 Å². The Morgan fingerprint density at radius 1 is 1.12 bits per heavy atom. The molecule has 0 N–H and O–H groups in total. The summed E-state index contributed by atoms with van der Waals surface area (Å²) in [5.41, 5.74) is 1.32. The van der Waals surface area contributed by atoms with Gasteiger partial charge in [0.15, 0.2) is 0 Å². The average Bonchev–Trinajstić information content (AvgIpc) is 2.33. The molecule has 1 fully saturated rings. The third kappa shape index (κ3) is 1.89. The summed E-state index contributed by atoms with van der Waals surface area (Å²) in [6, 6.07) is 12.7. The van der Waals surface area contributed by atoms with Crippen LogP contribution < -0.4 is 4.74 Å². The van der Waals surface area contributed by atoms with Crippen molar-refractivity contribution in [2.24, 2.45) is 0 Å². The molecule has 1 aliphatic heterocycles. The van der Waals surface area contributed by atoms with Crippen LogP contribution in [0.1, 0.15) is 12.0 Å². The Bertz CT molecular complexity index is 531. The summed E-state index contributed by atoms with van der Waals surface area (Å²) in [6.07, 6.45) is 1.33. The monoisotopic (exact) mass is 227 g/mol. The molecule has 2 aromatic rings. The van der Waals surface area contributed by atoms with Crippen molar-refractivity contribution in [1.82, 2.24) is 4.90 Å². The highest BCUT2D eigenvalue weighted by Gasteiger charge is 2.17. The topological polar surface area (TPSA) is 12.5 Å². The summed E-state index contributed by atoms with van der Waals surface area (Å²) in [4.78, 5) is 2.46. The normalized spacial score (nSPS) is 15.8. The van der Waals surface area contributed by atoms with Gasteiger partial charge in [-0.2, -0.15) is 0 Å². The number of hydrogen-bond donors (Lipinski definition) is 0. The molecule has 88 valence electrons. The Morgan fingerprint density at radius 3 is 2.65 bits per heavy atom. The van der Waals surface area contributed by atoms with Crippen molar-refractivity contribution in [3.63, 3.8) is 0 Å². The molecule has 0 aliphatic carbocycles. The molecule has 1 heterocycles. The van der Waals surface area contributed by atoms with Crippen LogP contribution in [0, 0.1) is 0 Å². The zero-order chi connectivity index (χ0) is 11.7. The molecular weight excluding hydrogens is 210 g/mol. The zero-order valence-electron chi connectivity index (χ0n) is 10.1. The van der Waals surface area contributed by atoms with Crippen LogP contribution in [-0.4, -0.2) is 25.1 Å². The van der Waals surface area contributed by atoms with Crippen molar-refractivity contribution in [2.45, 2.75) is 13.0 Å². The molecule has 0 unspecified atom stereocenters. The second kappa shape index (κ2) is 4.38. The molecule has 2 nitrogen and oxygen atoms in total. The maximum Gasteiger partial charge on any atom is 0.123 e. The predicted octanol–water partition coefficient (Wildman–Crippen LogP) is 3.05. The van der Waals surface area contributed by atoms with E-state index in [1.54, 1.807) is 7.11 Å². The van der Waals surface area contributed by atoms with E-state index in [-0.39, 0.29) is 0 Å². The van der Waals surface area contributed by atoms with Gasteiger partial charge >= 0.3 is 0 Å². The Labute approximate surface area is 102 Å². The molecule has 1 aliphatic rings. The molecule has 0 amide bonds. The van der Waals surface area contributed by atoms with E-state index in [4.69, 9.17) is 4.74 Å². The van der Waals surface area contributed by atoms with Crippen LogP contribution in [0.2, 0.25) is 0 Å². The summed E-state index contributed by atoms with van der Waals surface area (Å²) >= 11 is 0. The van der Waals surface area contributed by atoms with E-state index in [0.29, 0.717) is 0 Å². The minimum atomic E-state index is 1.00. The van der Waals surface area contributed by atoms with E-state index < -0.39 is 0 Å². The summed E-state index contributed by atoms with van der Waals surface area (Å²) in [5.74, 6) is 1.01. The largest absolute Gasteiger partial charge is 0.496 e. The average molecular weight is 227 g/mol. The fourth-order valence-electron chi connectivity index (χ4n) is 2.43. The number of rotatable bonds is 3. The van der Waals surface area contributed by atoms with Crippen molar-refractivity contribution < 1.29 is 4.74 Å². The van der Waals surface area contributed by atoms with Gasteiger partial charge in [-0.05, 0) is 36.3 Å².